The Hall–Kier alpha value is -3.12. The van der Waals surface area contributed by atoms with Crippen molar-refractivity contribution < 1.29 is 17.9 Å². The lowest BCUT2D eigenvalue weighted by Crippen LogP contribution is -2.40. The molecule has 0 saturated carbocycles. The summed E-state index contributed by atoms with van der Waals surface area (Å²) in [6.07, 6.45) is 0. The maximum Gasteiger partial charge on any atom is 0.278 e. The molecule has 0 spiro atoms. The molecule has 0 saturated heterocycles. The van der Waals surface area contributed by atoms with Crippen LogP contribution in [0.2, 0.25) is 0 Å². The molecule has 5 nitrogen and oxygen atoms in total. The van der Waals surface area contributed by atoms with Crippen LogP contribution in [0.15, 0.2) is 77.7 Å². The molecular formula is C23H23NO4S. The summed E-state index contributed by atoms with van der Waals surface area (Å²) in [5.74, 6) is -0.113. The van der Waals surface area contributed by atoms with Gasteiger partial charge in [0, 0.05) is 0 Å². The van der Waals surface area contributed by atoms with Gasteiger partial charge in [-0.15, -0.1) is 0 Å². The normalized spacial score (nSPS) is 11.1. The van der Waals surface area contributed by atoms with Gasteiger partial charge in [0.1, 0.15) is 5.75 Å². The summed E-state index contributed by atoms with van der Waals surface area (Å²) in [6, 6.07) is 20.2. The van der Waals surface area contributed by atoms with E-state index in [0.29, 0.717) is 5.75 Å². The minimum atomic E-state index is -4.09. The number of hydrogen-bond acceptors (Lipinski definition) is 4. The molecule has 6 heteroatoms. The van der Waals surface area contributed by atoms with Gasteiger partial charge in [0.05, 0.1) is 10.6 Å². The minimum Gasteiger partial charge on any atom is -0.483 e. The molecule has 3 aromatic carbocycles. The molecule has 0 N–H and O–H groups in total. The molecular weight excluding hydrogens is 386 g/mol. The van der Waals surface area contributed by atoms with E-state index in [-0.39, 0.29) is 10.6 Å². The lowest BCUT2D eigenvalue weighted by atomic mass is 10.1. The molecule has 0 aromatic heterocycles. The summed E-state index contributed by atoms with van der Waals surface area (Å²) in [5.41, 5.74) is 3.18. The molecule has 1 amide bonds. The highest BCUT2D eigenvalue weighted by Gasteiger charge is 2.31. The quantitative estimate of drug-likeness (QED) is 0.605. The number of anilines is 1. The molecule has 0 heterocycles. The highest BCUT2D eigenvalue weighted by atomic mass is 32.2. The van der Waals surface area contributed by atoms with E-state index in [1.165, 1.54) is 12.1 Å². The Bertz CT molecular complexity index is 1110. The maximum atomic E-state index is 13.2. The van der Waals surface area contributed by atoms with Gasteiger partial charge in [-0.2, -0.15) is 4.31 Å². The Kier molecular flexibility index (Phi) is 6.03. The Labute approximate surface area is 171 Å². The largest absolute Gasteiger partial charge is 0.483 e. The highest BCUT2D eigenvalue weighted by Crippen LogP contribution is 2.25. The molecule has 0 radical (unpaired) electrons. The Balaban J connectivity index is 1.95. The van der Waals surface area contributed by atoms with Crippen LogP contribution in [0.4, 0.5) is 5.69 Å². The van der Waals surface area contributed by atoms with E-state index in [0.717, 1.165) is 21.0 Å². The maximum absolute atomic E-state index is 13.2. The number of aryl methyl sites for hydroxylation is 2. The number of carbonyl (C=O) groups is 1. The van der Waals surface area contributed by atoms with Crippen LogP contribution in [0.25, 0.3) is 0 Å². The third-order valence-corrected chi connectivity index (χ3v) is 6.45. The van der Waals surface area contributed by atoms with Gasteiger partial charge in [-0.1, -0.05) is 48.0 Å². The van der Waals surface area contributed by atoms with Gasteiger partial charge in [0.2, 0.25) is 0 Å². The van der Waals surface area contributed by atoms with E-state index < -0.39 is 22.5 Å². The zero-order valence-electron chi connectivity index (χ0n) is 16.6. The fraction of sp³-hybridized carbons (Fsp3) is 0.174. The van der Waals surface area contributed by atoms with Crippen molar-refractivity contribution in [3.05, 3.63) is 89.5 Å². The lowest BCUT2D eigenvalue weighted by molar-refractivity contribution is -0.119. The van der Waals surface area contributed by atoms with E-state index >= 15 is 0 Å². The van der Waals surface area contributed by atoms with Crippen LogP contribution in [-0.4, -0.2) is 20.9 Å². The van der Waals surface area contributed by atoms with Crippen molar-refractivity contribution in [2.75, 3.05) is 10.9 Å². The molecule has 29 heavy (non-hydrogen) atoms. The van der Waals surface area contributed by atoms with Crippen LogP contribution in [0.1, 0.15) is 16.7 Å². The number of benzene rings is 3. The lowest BCUT2D eigenvalue weighted by Gasteiger charge is -2.23. The van der Waals surface area contributed by atoms with Gasteiger partial charge in [0.25, 0.3) is 15.9 Å². The monoisotopic (exact) mass is 409 g/mol. The Morgan fingerprint density at radius 1 is 0.862 bits per heavy atom. The first-order valence-corrected chi connectivity index (χ1v) is 10.6. The number of rotatable bonds is 6. The smallest absolute Gasteiger partial charge is 0.278 e. The van der Waals surface area contributed by atoms with Crippen LogP contribution in [0.3, 0.4) is 0 Å². The van der Waals surface area contributed by atoms with Crippen LogP contribution < -0.4 is 9.04 Å². The standard InChI is InChI=1S/C23H23NO4S/c1-17-12-14-20(15-13-17)24(29(26,27)21-9-5-4-6-10-21)23(25)16-28-22-11-7-8-18(2)19(22)3/h4-15H,16H2,1-3H3. The molecule has 3 rings (SSSR count). The van der Waals surface area contributed by atoms with Gasteiger partial charge < -0.3 is 4.74 Å². The molecule has 0 unspecified atom stereocenters. The highest BCUT2D eigenvalue weighted by molar-refractivity contribution is 7.93. The second-order valence-corrected chi connectivity index (χ2v) is 8.59. The Morgan fingerprint density at radius 3 is 2.17 bits per heavy atom. The predicted molar refractivity (Wildman–Crippen MR) is 114 cm³/mol. The molecule has 0 bridgehead atoms. The first-order chi connectivity index (χ1) is 13.8. The average molecular weight is 410 g/mol. The van der Waals surface area contributed by atoms with Gasteiger partial charge in [0.15, 0.2) is 6.61 Å². The first-order valence-electron chi connectivity index (χ1n) is 9.19. The van der Waals surface area contributed by atoms with Crippen molar-refractivity contribution in [2.45, 2.75) is 25.7 Å². The topological polar surface area (TPSA) is 63.7 Å². The van der Waals surface area contributed by atoms with Crippen molar-refractivity contribution in [3.8, 4) is 5.75 Å². The summed E-state index contributed by atoms with van der Waals surface area (Å²) < 4.78 is 33.0. The second kappa shape index (κ2) is 8.49. The molecule has 0 aliphatic carbocycles. The number of amides is 1. The second-order valence-electron chi connectivity index (χ2n) is 6.80. The average Bonchev–Trinajstić information content (AvgIpc) is 2.71. The third-order valence-electron chi connectivity index (χ3n) is 4.68. The van der Waals surface area contributed by atoms with E-state index in [1.807, 2.05) is 32.9 Å². The fourth-order valence-corrected chi connectivity index (χ4v) is 4.31. The van der Waals surface area contributed by atoms with Crippen LogP contribution >= 0.6 is 0 Å². The van der Waals surface area contributed by atoms with E-state index in [2.05, 4.69) is 0 Å². The number of ether oxygens (including phenoxy) is 1. The van der Waals surface area contributed by atoms with Crippen molar-refractivity contribution >= 4 is 21.6 Å². The fourth-order valence-electron chi connectivity index (χ4n) is 2.87. The van der Waals surface area contributed by atoms with E-state index in [9.17, 15) is 13.2 Å². The Morgan fingerprint density at radius 2 is 1.52 bits per heavy atom. The summed E-state index contributed by atoms with van der Waals surface area (Å²) in [7, 11) is -4.09. The number of carbonyl (C=O) groups excluding carboxylic acids is 1. The van der Waals surface area contributed by atoms with Crippen LogP contribution in [0.5, 0.6) is 5.75 Å². The van der Waals surface area contributed by atoms with Gasteiger partial charge in [-0.3, -0.25) is 4.79 Å². The molecule has 3 aromatic rings. The van der Waals surface area contributed by atoms with Gasteiger partial charge >= 0.3 is 0 Å². The van der Waals surface area contributed by atoms with Crippen molar-refractivity contribution in [2.24, 2.45) is 0 Å². The first kappa shape index (κ1) is 20.6. The van der Waals surface area contributed by atoms with Crippen LogP contribution in [0, 0.1) is 20.8 Å². The molecule has 0 aliphatic heterocycles. The summed E-state index contributed by atoms with van der Waals surface area (Å²) >= 11 is 0. The van der Waals surface area contributed by atoms with Gasteiger partial charge in [-0.05, 0) is 62.2 Å². The zero-order valence-corrected chi connectivity index (χ0v) is 17.4. The summed E-state index contributed by atoms with van der Waals surface area (Å²) in [6.45, 7) is 5.34. The summed E-state index contributed by atoms with van der Waals surface area (Å²) in [5, 5.41) is 0. The van der Waals surface area contributed by atoms with Gasteiger partial charge in [-0.25, -0.2) is 8.42 Å². The van der Waals surface area contributed by atoms with Crippen molar-refractivity contribution in [3.63, 3.8) is 0 Å². The third kappa shape index (κ3) is 4.49. The number of hydrogen-bond donors (Lipinski definition) is 0. The van der Waals surface area contributed by atoms with Crippen molar-refractivity contribution in [1.82, 2.24) is 0 Å². The SMILES string of the molecule is Cc1ccc(N(C(=O)COc2cccc(C)c2C)S(=O)(=O)c2ccccc2)cc1. The van der Waals surface area contributed by atoms with E-state index in [4.69, 9.17) is 4.74 Å². The molecule has 0 aliphatic rings. The molecule has 150 valence electrons. The van der Waals surface area contributed by atoms with Crippen molar-refractivity contribution in [1.29, 1.82) is 0 Å². The minimum absolute atomic E-state index is 0.0423. The van der Waals surface area contributed by atoms with Crippen LogP contribution in [-0.2, 0) is 14.8 Å². The zero-order chi connectivity index (χ0) is 21.0. The number of nitrogens with zero attached hydrogens (tertiary/aromatic N) is 1. The predicted octanol–water partition coefficient (Wildman–Crippen LogP) is 4.41. The molecule has 0 fully saturated rings. The summed E-state index contributed by atoms with van der Waals surface area (Å²) in [4.78, 5) is 13.1. The van der Waals surface area contributed by atoms with E-state index in [1.54, 1.807) is 48.5 Å². The number of sulfonamides is 1. The molecule has 0 atom stereocenters.